The quantitative estimate of drug-likeness (QED) is 0.789. The van der Waals surface area contributed by atoms with E-state index in [9.17, 15) is 4.79 Å². The van der Waals surface area contributed by atoms with Gasteiger partial charge in [-0.15, -0.1) is 0 Å². The van der Waals surface area contributed by atoms with Gasteiger partial charge in [0.2, 0.25) is 0 Å². The normalized spacial score (nSPS) is 19.5. The van der Waals surface area contributed by atoms with E-state index in [-0.39, 0.29) is 0 Å². The van der Waals surface area contributed by atoms with E-state index in [2.05, 4.69) is 18.3 Å². The van der Waals surface area contributed by atoms with Crippen molar-refractivity contribution in [3.05, 3.63) is 35.4 Å². The maximum absolute atomic E-state index is 12.0. The number of nitrogens with one attached hydrogen (secondary N) is 1. The summed E-state index contributed by atoms with van der Waals surface area (Å²) in [6.07, 6.45) is 3.94. The van der Waals surface area contributed by atoms with Crippen molar-refractivity contribution >= 4 is 5.78 Å². The molecule has 1 unspecified atom stereocenters. The molecule has 1 fully saturated rings. The second kappa shape index (κ2) is 5.97. The second-order valence-electron chi connectivity index (χ2n) is 4.87. The van der Waals surface area contributed by atoms with E-state index in [4.69, 9.17) is 0 Å². The summed E-state index contributed by atoms with van der Waals surface area (Å²) in [5, 5.41) is 3.34. The summed E-state index contributed by atoms with van der Waals surface area (Å²) < 4.78 is 0. The van der Waals surface area contributed by atoms with Crippen LogP contribution in [0.2, 0.25) is 0 Å². The Balaban J connectivity index is 1.89. The van der Waals surface area contributed by atoms with E-state index in [1.165, 1.54) is 12.0 Å². The van der Waals surface area contributed by atoms with Gasteiger partial charge in [-0.2, -0.15) is 0 Å². The molecule has 2 heteroatoms. The molecule has 0 amide bonds. The number of carbonyl (C=O) groups is 1. The number of ketones is 1. The molecule has 0 radical (unpaired) electrons. The van der Waals surface area contributed by atoms with Gasteiger partial charge in [-0.3, -0.25) is 4.79 Å². The van der Waals surface area contributed by atoms with Gasteiger partial charge in [0.05, 0.1) is 0 Å². The van der Waals surface area contributed by atoms with Crippen molar-refractivity contribution < 1.29 is 4.79 Å². The highest BCUT2D eigenvalue weighted by Crippen LogP contribution is 2.17. The van der Waals surface area contributed by atoms with Crippen LogP contribution in [0, 0.1) is 5.92 Å². The maximum atomic E-state index is 12.0. The molecule has 1 aromatic carbocycles. The molecular weight excluding hydrogens is 210 g/mol. The maximum Gasteiger partial charge on any atom is 0.162 e. The molecule has 0 aromatic heterocycles. The second-order valence-corrected chi connectivity index (χ2v) is 4.87. The summed E-state index contributed by atoms with van der Waals surface area (Å²) in [4.78, 5) is 12.0. The zero-order chi connectivity index (χ0) is 12.1. The van der Waals surface area contributed by atoms with E-state index in [0.29, 0.717) is 18.1 Å². The molecule has 0 aliphatic carbocycles. The average molecular weight is 231 g/mol. The molecule has 1 atom stereocenters. The van der Waals surface area contributed by atoms with E-state index < -0.39 is 0 Å². The minimum Gasteiger partial charge on any atom is -0.316 e. The largest absolute Gasteiger partial charge is 0.316 e. The van der Waals surface area contributed by atoms with Gasteiger partial charge in [0.1, 0.15) is 0 Å². The summed E-state index contributed by atoms with van der Waals surface area (Å²) >= 11 is 0. The molecule has 2 nitrogen and oxygen atoms in total. The molecule has 1 N–H and O–H groups in total. The molecule has 1 heterocycles. The van der Waals surface area contributed by atoms with Gasteiger partial charge in [-0.05, 0) is 49.9 Å². The molecule has 17 heavy (non-hydrogen) atoms. The molecule has 0 spiro atoms. The molecule has 1 saturated heterocycles. The average Bonchev–Trinajstić information content (AvgIpc) is 2.89. The predicted octanol–water partition coefficient (Wildman–Crippen LogP) is 2.82. The Labute approximate surface area is 103 Å². The lowest BCUT2D eigenvalue weighted by atomic mass is 9.97. The standard InChI is InChI=1S/C15H21NO/c1-2-12-4-3-5-14(10-12)15(17)7-6-13-8-9-16-11-13/h3-5,10,13,16H,2,6-9,11H2,1H3. The van der Waals surface area contributed by atoms with Crippen molar-refractivity contribution in [3.63, 3.8) is 0 Å². The lowest BCUT2D eigenvalue weighted by molar-refractivity contribution is 0.0974. The van der Waals surface area contributed by atoms with Crippen LogP contribution in [0.25, 0.3) is 0 Å². The number of benzene rings is 1. The predicted molar refractivity (Wildman–Crippen MR) is 70.4 cm³/mol. The SMILES string of the molecule is CCc1cccc(C(=O)CCC2CCNC2)c1. The fourth-order valence-corrected chi connectivity index (χ4v) is 2.41. The summed E-state index contributed by atoms with van der Waals surface area (Å²) in [6.45, 7) is 4.32. The van der Waals surface area contributed by atoms with E-state index in [0.717, 1.165) is 31.5 Å². The zero-order valence-electron chi connectivity index (χ0n) is 10.5. The number of Topliss-reactive ketones (excluding diaryl/α,β-unsaturated/α-hetero) is 1. The molecule has 1 aliphatic heterocycles. The Bertz CT molecular complexity index is 380. The van der Waals surface area contributed by atoms with E-state index in [1.807, 2.05) is 18.2 Å². The first-order valence-corrected chi connectivity index (χ1v) is 6.62. The van der Waals surface area contributed by atoms with Gasteiger partial charge in [-0.25, -0.2) is 0 Å². The number of aryl methyl sites for hydroxylation is 1. The van der Waals surface area contributed by atoms with Crippen molar-refractivity contribution in [1.82, 2.24) is 5.32 Å². The Morgan fingerprint density at radius 1 is 1.47 bits per heavy atom. The minimum absolute atomic E-state index is 0.298. The molecule has 0 bridgehead atoms. The molecule has 92 valence electrons. The third kappa shape index (κ3) is 3.40. The first-order valence-electron chi connectivity index (χ1n) is 6.62. The van der Waals surface area contributed by atoms with Crippen LogP contribution >= 0.6 is 0 Å². The Kier molecular flexibility index (Phi) is 4.32. The molecule has 1 aliphatic rings. The van der Waals surface area contributed by atoms with Crippen LogP contribution in [0.15, 0.2) is 24.3 Å². The number of rotatable bonds is 5. The summed E-state index contributed by atoms with van der Waals surface area (Å²) in [7, 11) is 0. The number of hydrogen-bond donors (Lipinski definition) is 1. The Morgan fingerprint density at radius 3 is 3.06 bits per heavy atom. The highest BCUT2D eigenvalue weighted by molar-refractivity contribution is 5.96. The van der Waals surface area contributed by atoms with Gasteiger partial charge in [0, 0.05) is 12.0 Å². The third-order valence-electron chi connectivity index (χ3n) is 3.60. The van der Waals surface area contributed by atoms with Gasteiger partial charge >= 0.3 is 0 Å². The van der Waals surface area contributed by atoms with E-state index >= 15 is 0 Å². The first-order chi connectivity index (χ1) is 8.29. The zero-order valence-corrected chi connectivity index (χ0v) is 10.5. The molecular formula is C15H21NO. The molecule has 1 aromatic rings. The van der Waals surface area contributed by atoms with Crippen molar-refractivity contribution in [2.75, 3.05) is 13.1 Å². The summed E-state index contributed by atoms with van der Waals surface area (Å²) in [6, 6.07) is 8.05. The van der Waals surface area contributed by atoms with Gasteiger partial charge < -0.3 is 5.32 Å². The van der Waals surface area contributed by atoms with Crippen LogP contribution in [0.1, 0.15) is 42.1 Å². The van der Waals surface area contributed by atoms with Crippen LogP contribution in [0.3, 0.4) is 0 Å². The highest BCUT2D eigenvalue weighted by atomic mass is 16.1. The van der Waals surface area contributed by atoms with Crippen molar-refractivity contribution in [3.8, 4) is 0 Å². The number of carbonyl (C=O) groups excluding carboxylic acids is 1. The van der Waals surface area contributed by atoms with Gasteiger partial charge in [-0.1, -0.05) is 25.1 Å². The van der Waals surface area contributed by atoms with Crippen molar-refractivity contribution in [2.24, 2.45) is 5.92 Å². The lowest BCUT2D eigenvalue weighted by Crippen LogP contribution is -2.10. The topological polar surface area (TPSA) is 29.1 Å². The highest BCUT2D eigenvalue weighted by Gasteiger charge is 2.16. The van der Waals surface area contributed by atoms with Crippen LogP contribution < -0.4 is 5.32 Å². The fourth-order valence-electron chi connectivity index (χ4n) is 2.41. The monoisotopic (exact) mass is 231 g/mol. The summed E-state index contributed by atoms with van der Waals surface area (Å²) in [5.74, 6) is 1.00. The van der Waals surface area contributed by atoms with Crippen LogP contribution in [0.4, 0.5) is 0 Å². The third-order valence-corrected chi connectivity index (χ3v) is 3.60. The van der Waals surface area contributed by atoms with Crippen LogP contribution in [-0.4, -0.2) is 18.9 Å². The lowest BCUT2D eigenvalue weighted by Gasteiger charge is -2.07. The van der Waals surface area contributed by atoms with Gasteiger partial charge in [0.15, 0.2) is 5.78 Å². The Morgan fingerprint density at radius 2 is 2.35 bits per heavy atom. The smallest absolute Gasteiger partial charge is 0.162 e. The molecule has 0 saturated carbocycles. The fraction of sp³-hybridized carbons (Fsp3) is 0.533. The van der Waals surface area contributed by atoms with Crippen LogP contribution in [0.5, 0.6) is 0 Å². The van der Waals surface area contributed by atoms with Crippen LogP contribution in [-0.2, 0) is 6.42 Å². The first kappa shape index (κ1) is 12.3. The minimum atomic E-state index is 0.298. The number of hydrogen-bond acceptors (Lipinski definition) is 2. The summed E-state index contributed by atoms with van der Waals surface area (Å²) in [5.41, 5.74) is 2.13. The van der Waals surface area contributed by atoms with E-state index in [1.54, 1.807) is 0 Å². The Hall–Kier alpha value is -1.15. The molecule has 2 rings (SSSR count). The van der Waals surface area contributed by atoms with Crippen molar-refractivity contribution in [1.29, 1.82) is 0 Å². The van der Waals surface area contributed by atoms with Gasteiger partial charge in [0.25, 0.3) is 0 Å². The van der Waals surface area contributed by atoms with Crippen molar-refractivity contribution in [2.45, 2.75) is 32.6 Å².